The summed E-state index contributed by atoms with van der Waals surface area (Å²) < 4.78 is 5.97. The average molecular weight is 412 g/mol. The van der Waals surface area contributed by atoms with Crippen molar-refractivity contribution in [2.75, 3.05) is 26.7 Å². The Bertz CT molecular complexity index is 810. The molecular formula is C23H29N3O2S. The Morgan fingerprint density at radius 2 is 1.93 bits per heavy atom. The minimum atomic E-state index is 0.166. The fourth-order valence-electron chi connectivity index (χ4n) is 4.02. The van der Waals surface area contributed by atoms with E-state index in [-0.39, 0.29) is 11.9 Å². The van der Waals surface area contributed by atoms with Crippen LogP contribution in [0.3, 0.4) is 0 Å². The largest absolute Gasteiger partial charge is 0.434 e. The van der Waals surface area contributed by atoms with Gasteiger partial charge in [0.25, 0.3) is 5.23 Å². The quantitative estimate of drug-likeness (QED) is 0.744. The molecule has 154 valence electrons. The third kappa shape index (κ3) is 5.11. The topological polar surface area (TPSA) is 45.1 Å². The molecule has 3 aliphatic rings. The second-order valence-electron chi connectivity index (χ2n) is 7.94. The van der Waals surface area contributed by atoms with Gasteiger partial charge in [-0.2, -0.15) is 0 Å². The van der Waals surface area contributed by atoms with Crippen molar-refractivity contribution in [3.63, 3.8) is 0 Å². The van der Waals surface area contributed by atoms with Gasteiger partial charge in [-0.25, -0.2) is 4.99 Å². The lowest BCUT2D eigenvalue weighted by molar-refractivity contribution is -0.130. The minimum Gasteiger partial charge on any atom is -0.434 e. The first kappa shape index (κ1) is 20.2. The fraction of sp³-hybridized carbons (Fsp3) is 0.478. The van der Waals surface area contributed by atoms with Gasteiger partial charge in [0.15, 0.2) is 0 Å². The number of fused-ring (bicyclic) bond motifs is 1. The number of carbonyl (C=O) groups is 1. The lowest BCUT2D eigenvalue weighted by Gasteiger charge is -2.36. The molecule has 0 spiro atoms. The minimum absolute atomic E-state index is 0.166. The van der Waals surface area contributed by atoms with Crippen molar-refractivity contribution in [2.24, 2.45) is 4.99 Å². The molecule has 2 unspecified atom stereocenters. The summed E-state index contributed by atoms with van der Waals surface area (Å²) in [7, 11) is 1.92. The van der Waals surface area contributed by atoms with Crippen molar-refractivity contribution in [2.45, 2.75) is 43.5 Å². The van der Waals surface area contributed by atoms with Gasteiger partial charge in [-0.15, -0.1) is 0 Å². The molecule has 2 aliphatic heterocycles. The number of amides is 1. The number of hydrogen-bond donors (Lipinski definition) is 0. The highest BCUT2D eigenvalue weighted by molar-refractivity contribution is 8.14. The van der Waals surface area contributed by atoms with Crippen molar-refractivity contribution in [1.29, 1.82) is 0 Å². The first-order chi connectivity index (χ1) is 14.1. The van der Waals surface area contributed by atoms with Crippen LogP contribution in [-0.2, 0) is 11.2 Å². The maximum Gasteiger partial charge on any atom is 0.252 e. The Balaban J connectivity index is 1.22. The Labute approximate surface area is 177 Å². The van der Waals surface area contributed by atoms with E-state index in [2.05, 4.69) is 40.3 Å². The molecule has 2 atom stereocenters. The van der Waals surface area contributed by atoms with Crippen LogP contribution in [-0.4, -0.2) is 65.0 Å². The number of aliphatic imine (C=N–C) groups is 1. The van der Waals surface area contributed by atoms with Crippen molar-refractivity contribution in [3.05, 3.63) is 54.1 Å². The summed E-state index contributed by atoms with van der Waals surface area (Å²) in [6.07, 6.45) is 11.6. The van der Waals surface area contributed by atoms with Crippen LogP contribution in [0.15, 0.2) is 53.6 Å². The van der Waals surface area contributed by atoms with Gasteiger partial charge in [-0.1, -0.05) is 48.2 Å². The number of ether oxygens (including phenoxy) is 1. The molecule has 1 saturated heterocycles. The number of allylic oxidation sites excluding steroid dienone is 2. The highest BCUT2D eigenvalue weighted by Crippen LogP contribution is 2.32. The zero-order valence-electron chi connectivity index (χ0n) is 17.2. The third-order valence-electron chi connectivity index (χ3n) is 5.99. The Hall–Kier alpha value is -2.05. The first-order valence-corrected chi connectivity index (χ1v) is 11.3. The van der Waals surface area contributed by atoms with E-state index in [4.69, 9.17) is 4.74 Å². The summed E-state index contributed by atoms with van der Waals surface area (Å²) in [5, 5.41) is 1.12. The molecule has 0 saturated carbocycles. The van der Waals surface area contributed by atoms with E-state index in [0.717, 1.165) is 49.9 Å². The average Bonchev–Trinajstić information content (AvgIpc) is 3.15. The predicted octanol–water partition coefficient (Wildman–Crippen LogP) is 3.52. The number of nitrogens with zero attached hydrogens (tertiary/aromatic N) is 3. The first-order valence-electron chi connectivity index (χ1n) is 10.4. The van der Waals surface area contributed by atoms with E-state index in [1.807, 2.05) is 30.2 Å². The van der Waals surface area contributed by atoms with Crippen molar-refractivity contribution < 1.29 is 9.53 Å². The number of benzene rings is 1. The van der Waals surface area contributed by atoms with Crippen LogP contribution in [0.4, 0.5) is 0 Å². The highest BCUT2D eigenvalue weighted by Gasteiger charge is 2.29. The maximum atomic E-state index is 11.5. The number of piperidine rings is 1. The number of likely N-dealkylation sites (tertiary alicyclic amines) is 1. The Kier molecular flexibility index (Phi) is 6.40. The molecule has 0 N–H and O–H groups in total. The molecule has 1 fully saturated rings. The van der Waals surface area contributed by atoms with E-state index in [9.17, 15) is 4.79 Å². The third-order valence-corrected chi connectivity index (χ3v) is 7.09. The molecule has 4 rings (SSSR count). The Morgan fingerprint density at radius 1 is 1.21 bits per heavy atom. The van der Waals surface area contributed by atoms with E-state index >= 15 is 0 Å². The lowest BCUT2D eigenvalue weighted by atomic mass is 10.0. The summed E-state index contributed by atoms with van der Waals surface area (Å²) in [5.74, 6) is 1.01. The number of rotatable bonds is 5. The number of thioether (sulfide) groups is 1. The molecule has 2 heterocycles. The molecule has 0 radical (unpaired) electrons. The second-order valence-corrected chi connectivity index (χ2v) is 9.07. The SMILES string of the molecule is CC(=O)N(C)C1CCN(CCc2ccc(OC3=NC4C=CC=CC4S3)cc2)CC1. The van der Waals surface area contributed by atoms with Crippen LogP contribution in [0, 0.1) is 0 Å². The molecule has 0 bridgehead atoms. The summed E-state index contributed by atoms with van der Waals surface area (Å²) >= 11 is 1.69. The standard InChI is InChI=1S/C23H29N3O2S/c1-17(27)25(2)19-12-15-26(16-13-19)14-11-18-7-9-20(10-8-18)28-23-24-21-5-3-4-6-22(21)29-23/h3-10,19,21-22H,11-16H2,1-2H3. The van der Waals surface area contributed by atoms with Crippen LogP contribution >= 0.6 is 11.8 Å². The normalized spacial score (nSPS) is 24.3. The lowest BCUT2D eigenvalue weighted by Crippen LogP contribution is -2.45. The maximum absolute atomic E-state index is 11.5. The van der Waals surface area contributed by atoms with E-state index < -0.39 is 0 Å². The summed E-state index contributed by atoms with van der Waals surface area (Å²) in [6.45, 7) is 4.83. The van der Waals surface area contributed by atoms with E-state index in [1.54, 1.807) is 18.7 Å². The zero-order valence-corrected chi connectivity index (χ0v) is 18.0. The van der Waals surface area contributed by atoms with Gasteiger partial charge in [-0.3, -0.25) is 4.79 Å². The van der Waals surface area contributed by atoms with Crippen molar-refractivity contribution in [3.8, 4) is 5.75 Å². The number of carbonyl (C=O) groups excluding carboxylic acids is 1. The summed E-state index contributed by atoms with van der Waals surface area (Å²) in [5.41, 5.74) is 1.32. The van der Waals surface area contributed by atoms with Gasteiger partial charge >= 0.3 is 0 Å². The molecule has 0 aromatic heterocycles. The van der Waals surface area contributed by atoms with Gasteiger partial charge in [0.1, 0.15) is 5.75 Å². The molecule has 1 aromatic rings. The van der Waals surface area contributed by atoms with Crippen molar-refractivity contribution in [1.82, 2.24) is 9.80 Å². The van der Waals surface area contributed by atoms with Crippen LogP contribution in [0.2, 0.25) is 0 Å². The van der Waals surface area contributed by atoms with E-state index in [0.29, 0.717) is 11.3 Å². The molecule has 1 amide bonds. The van der Waals surface area contributed by atoms with Crippen LogP contribution < -0.4 is 4.74 Å². The molecule has 5 nitrogen and oxygen atoms in total. The van der Waals surface area contributed by atoms with Gasteiger partial charge < -0.3 is 14.5 Å². The van der Waals surface area contributed by atoms with Crippen LogP contribution in [0.25, 0.3) is 0 Å². The number of hydrogen-bond acceptors (Lipinski definition) is 5. The fourth-order valence-corrected chi connectivity index (χ4v) is 5.04. The molecule has 29 heavy (non-hydrogen) atoms. The molecular weight excluding hydrogens is 382 g/mol. The monoisotopic (exact) mass is 411 g/mol. The van der Waals surface area contributed by atoms with Crippen LogP contribution in [0.5, 0.6) is 5.75 Å². The Morgan fingerprint density at radius 3 is 2.62 bits per heavy atom. The molecule has 6 heteroatoms. The van der Waals surface area contributed by atoms with Gasteiger partial charge in [0.05, 0.1) is 11.3 Å². The smallest absolute Gasteiger partial charge is 0.252 e. The summed E-state index contributed by atoms with van der Waals surface area (Å²) in [6, 6.07) is 8.99. The second kappa shape index (κ2) is 9.18. The van der Waals surface area contributed by atoms with Crippen LogP contribution in [0.1, 0.15) is 25.3 Å². The van der Waals surface area contributed by atoms with E-state index in [1.165, 1.54) is 5.56 Å². The summed E-state index contributed by atoms with van der Waals surface area (Å²) in [4.78, 5) is 20.6. The highest BCUT2D eigenvalue weighted by atomic mass is 32.2. The molecule has 1 aromatic carbocycles. The zero-order chi connectivity index (χ0) is 20.2. The van der Waals surface area contributed by atoms with Gasteiger partial charge in [-0.05, 0) is 37.0 Å². The van der Waals surface area contributed by atoms with Crippen molar-refractivity contribution >= 4 is 22.9 Å². The van der Waals surface area contributed by atoms with Gasteiger partial charge in [0.2, 0.25) is 5.91 Å². The van der Waals surface area contributed by atoms with Gasteiger partial charge in [0, 0.05) is 39.6 Å². The molecule has 1 aliphatic carbocycles. The predicted molar refractivity (Wildman–Crippen MR) is 120 cm³/mol.